The Kier molecular flexibility index (Phi) is 5.69. The van der Waals surface area contributed by atoms with Crippen LogP contribution >= 0.6 is 0 Å². The van der Waals surface area contributed by atoms with Gasteiger partial charge in [0.05, 0.1) is 27.3 Å². The van der Waals surface area contributed by atoms with Crippen LogP contribution in [0.1, 0.15) is 11.6 Å². The highest BCUT2D eigenvalue weighted by molar-refractivity contribution is 5.81. The smallest absolute Gasteiger partial charge is 0.330 e. The van der Waals surface area contributed by atoms with Crippen molar-refractivity contribution >= 4 is 5.97 Å². The SMILES string of the molecule is COC(=O)/C=C/C[N+](C)([O-])[C@@H](CO)c1ccccc1. The number of aliphatic hydroxyl groups excluding tert-OH is 1. The lowest BCUT2D eigenvalue weighted by atomic mass is 10.1. The topological polar surface area (TPSA) is 69.6 Å². The van der Waals surface area contributed by atoms with E-state index in [1.807, 2.05) is 18.2 Å². The van der Waals surface area contributed by atoms with E-state index < -0.39 is 16.7 Å². The molecule has 0 aromatic heterocycles. The van der Waals surface area contributed by atoms with E-state index in [4.69, 9.17) is 0 Å². The predicted molar refractivity (Wildman–Crippen MR) is 71.8 cm³/mol. The van der Waals surface area contributed by atoms with Crippen LogP contribution in [0.4, 0.5) is 0 Å². The molecule has 1 N–H and O–H groups in total. The van der Waals surface area contributed by atoms with E-state index in [2.05, 4.69) is 4.74 Å². The summed E-state index contributed by atoms with van der Waals surface area (Å²) in [5.41, 5.74) is 0.772. The Morgan fingerprint density at radius 3 is 2.63 bits per heavy atom. The minimum absolute atomic E-state index is 0.0786. The number of aliphatic hydroxyl groups is 1. The summed E-state index contributed by atoms with van der Waals surface area (Å²) >= 11 is 0. The maximum absolute atomic E-state index is 12.5. The highest BCUT2D eigenvalue weighted by atomic mass is 16.5. The van der Waals surface area contributed by atoms with Crippen molar-refractivity contribution in [3.8, 4) is 0 Å². The molecule has 0 aliphatic rings. The average molecular weight is 265 g/mol. The zero-order valence-corrected chi connectivity index (χ0v) is 11.2. The van der Waals surface area contributed by atoms with Crippen molar-refractivity contribution in [2.45, 2.75) is 6.04 Å². The summed E-state index contributed by atoms with van der Waals surface area (Å²) in [4.78, 5) is 10.9. The fourth-order valence-corrected chi connectivity index (χ4v) is 1.82. The van der Waals surface area contributed by atoms with E-state index in [1.54, 1.807) is 12.1 Å². The summed E-state index contributed by atoms with van der Waals surface area (Å²) in [5.74, 6) is -0.500. The Hall–Kier alpha value is -1.69. The first-order chi connectivity index (χ1) is 9.01. The highest BCUT2D eigenvalue weighted by Gasteiger charge is 2.24. The quantitative estimate of drug-likeness (QED) is 0.365. The molecule has 19 heavy (non-hydrogen) atoms. The number of carbonyl (C=O) groups excluding carboxylic acids is 1. The van der Waals surface area contributed by atoms with E-state index in [1.165, 1.54) is 26.3 Å². The molecule has 0 aliphatic carbocycles. The molecule has 5 heteroatoms. The van der Waals surface area contributed by atoms with Crippen LogP contribution in [0.2, 0.25) is 0 Å². The molecule has 2 atom stereocenters. The number of carbonyl (C=O) groups is 1. The van der Waals surface area contributed by atoms with E-state index in [0.29, 0.717) is 0 Å². The molecule has 104 valence electrons. The zero-order chi connectivity index (χ0) is 14.3. The van der Waals surface area contributed by atoms with Crippen LogP contribution in [0.3, 0.4) is 0 Å². The lowest BCUT2D eigenvalue weighted by Crippen LogP contribution is -2.43. The van der Waals surface area contributed by atoms with Gasteiger partial charge in [-0.05, 0) is 6.08 Å². The van der Waals surface area contributed by atoms with Crippen LogP contribution in [0, 0.1) is 5.21 Å². The first-order valence-corrected chi connectivity index (χ1v) is 5.97. The second kappa shape index (κ2) is 7.04. The molecule has 0 saturated heterocycles. The first kappa shape index (κ1) is 15.4. The Morgan fingerprint density at radius 2 is 2.11 bits per heavy atom. The molecule has 0 aliphatic heterocycles. The van der Waals surface area contributed by atoms with Crippen LogP contribution in [0.25, 0.3) is 0 Å². The van der Waals surface area contributed by atoms with Crippen molar-refractivity contribution in [2.75, 3.05) is 27.3 Å². The van der Waals surface area contributed by atoms with Crippen molar-refractivity contribution in [3.05, 3.63) is 53.3 Å². The van der Waals surface area contributed by atoms with Crippen molar-refractivity contribution < 1.29 is 19.3 Å². The number of likely N-dealkylation sites (N-methyl/N-ethyl adjacent to an activating group) is 1. The molecule has 0 saturated carbocycles. The fraction of sp³-hybridized carbons (Fsp3) is 0.357. The Labute approximate surface area is 112 Å². The Balaban J connectivity index is 2.79. The highest BCUT2D eigenvalue weighted by Crippen LogP contribution is 2.25. The third-order valence-electron chi connectivity index (χ3n) is 2.94. The molecule has 0 radical (unpaired) electrons. The number of hydrogen-bond donors (Lipinski definition) is 1. The number of rotatable bonds is 6. The molecule has 0 heterocycles. The standard InChI is InChI=1S/C14H19NO4/c1-15(18,10-6-9-14(17)19-2)13(11-16)12-7-4-3-5-8-12/h3-9,13,16H,10-11H2,1-2H3/b9-6+/t13-,15?/m0/s1. The number of hydroxylamine groups is 3. The largest absolute Gasteiger partial charge is 0.632 e. The summed E-state index contributed by atoms with van der Waals surface area (Å²) in [6.07, 6.45) is 2.68. The third kappa shape index (κ3) is 4.48. The normalized spacial score (nSPS) is 16.0. The summed E-state index contributed by atoms with van der Waals surface area (Å²) in [6.45, 7) is -0.175. The van der Waals surface area contributed by atoms with Gasteiger partial charge in [-0.3, -0.25) is 0 Å². The van der Waals surface area contributed by atoms with Gasteiger partial charge in [-0.2, -0.15) is 0 Å². The van der Waals surface area contributed by atoms with Gasteiger partial charge in [0.15, 0.2) is 0 Å². The minimum atomic E-state index is -0.687. The average Bonchev–Trinajstić information content (AvgIpc) is 2.40. The fourth-order valence-electron chi connectivity index (χ4n) is 1.82. The second-order valence-electron chi connectivity index (χ2n) is 4.39. The van der Waals surface area contributed by atoms with Crippen LogP contribution in [-0.4, -0.2) is 43.0 Å². The van der Waals surface area contributed by atoms with E-state index in [-0.39, 0.29) is 13.2 Å². The minimum Gasteiger partial charge on any atom is -0.632 e. The van der Waals surface area contributed by atoms with Gasteiger partial charge in [-0.1, -0.05) is 30.3 Å². The summed E-state index contributed by atoms with van der Waals surface area (Å²) in [6, 6.07) is 8.52. The Bertz CT molecular complexity index is 428. The second-order valence-corrected chi connectivity index (χ2v) is 4.39. The molecule has 1 aromatic rings. The lowest BCUT2D eigenvalue weighted by molar-refractivity contribution is -0.887. The van der Waals surface area contributed by atoms with Crippen LogP contribution in [0.5, 0.6) is 0 Å². The maximum Gasteiger partial charge on any atom is 0.330 e. The molecular formula is C14H19NO4. The van der Waals surface area contributed by atoms with Gasteiger partial charge in [0, 0.05) is 11.6 Å². The first-order valence-electron chi connectivity index (χ1n) is 5.97. The van der Waals surface area contributed by atoms with Gasteiger partial charge in [0.1, 0.15) is 6.04 Å². The van der Waals surface area contributed by atoms with E-state index in [0.717, 1.165) is 5.56 Å². The number of methoxy groups -OCH3 is 1. The molecule has 0 bridgehead atoms. The van der Waals surface area contributed by atoms with Crippen LogP contribution in [-0.2, 0) is 9.53 Å². The van der Waals surface area contributed by atoms with Gasteiger partial charge in [0.25, 0.3) is 0 Å². The molecule has 0 fully saturated rings. The van der Waals surface area contributed by atoms with Gasteiger partial charge < -0.3 is 19.7 Å². The molecule has 0 spiro atoms. The Morgan fingerprint density at radius 1 is 1.47 bits per heavy atom. The van der Waals surface area contributed by atoms with Gasteiger partial charge in [0.2, 0.25) is 0 Å². The third-order valence-corrected chi connectivity index (χ3v) is 2.94. The van der Waals surface area contributed by atoms with Crippen molar-refractivity contribution in [3.63, 3.8) is 0 Å². The maximum atomic E-state index is 12.5. The molecule has 0 amide bonds. The van der Waals surface area contributed by atoms with Crippen molar-refractivity contribution in [1.29, 1.82) is 0 Å². The number of ether oxygens (including phenoxy) is 1. The van der Waals surface area contributed by atoms with E-state index >= 15 is 0 Å². The summed E-state index contributed by atoms with van der Waals surface area (Å²) in [7, 11) is 2.74. The summed E-state index contributed by atoms with van der Waals surface area (Å²) in [5, 5.41) is 21.9. The summed E-state index contributed by atoms with van der Waals surface area (Å²) < 4.78 is 3.77. The molecular weight excluding hydrogens is 246 g/mol. The van der Waals surface area contributed by atoms with E-state index in [9.17, 15) is 15.1 Å². The van der Waals surface area contributed by atoms with Crippen LogP contribution in [0.15, 0.2) is 42.5 Å². The lowest BCUT2D eigenvalue weighted by Gasteiger charge is -2.44. The number of nitrogens with zero attached hydrogens (tertiary/aromatic N) is 1. The predicted octanol–water partition coefficient (Wildman–Crippen LogP) is 1.39. The number of esters is 1. The van der Waals surface area contributed by atoms with Crippen LogP contribution < -0.4 is 0 Å². The molecule has 1 rings (SSSR count). The number of hydrogen-bond acceptors (Lipinski definition) is 4. The number of quaternary nitrogens is 1. The molecule has 5 nitrogen and oxygen atoms in total. The molecule has 1 aromatic carbocycles. The molecule has 1 unspecified atom stereocenters. The zero-order valence-electron chi connectivity index (χ0n) is 11.2. The number of benzene rings is 1. The van der Waals surface area contributed by atoms with Crippen molar-refractivity contribution in [2.24, 2.45) is 0 Å². The van der Waals surface area contributed by atoms with Crippen molar-refractivity contribution in [1.82, 2.24) is 0 Å². The van der Waals surface area contributed by atoms with Gasteiger partial charge in [-0.25, -0.2) is 4.79 Å². The van der Waals surface area contributed by atoms with Gasteiger partial charge in [-0.15, -0.1) is 0 Å². The monoisotopic (exact) mass is 265 g/mol. The van der Waals surface area contributed by atoms with Gasteiger partial charge >= 0.3 is 5.97 Å².